The van der Waals surface area contributed by atoms with Crippen molar-refractivity contribution >= 4 is 63.7 Å². The fraction of sp³-hybridized carbons (Fsp3) is 0.200. The van der Waals surface area contributed by atoms with Gasteiger partial charge in [0, 0.05) is 27.9 Å². The van der Waals surface area contributed by atoms with Crippen LogP contribution >= 0.6 is 35.6 Å². The molecule has 3 N–H and O–H groups in total. The number of anilines is 2. The standard InChI is InChI=1S/C20H17Cl2FN4O.ClH/c1-20(10-28-9-18(24)27-20)15-7-14(2-3-16(15)23)26-17-6-12(21)4-11-5-13(22)8-25-19(11)17;/h2-8,26H,9-10H2,1H3,(H2,24,27);1H/t20-;/m0./s1. The average molecular weight is 456 g/mol. The van der Waals surface area contributed by atoms with E-state index in [0.717, 1.165) is 5.39 Å². The number of fused-ring (bicyclic) bond motifs is 1. The minimum atomic E-state index is -0.897. The number of nitrogens with one attached hydrogen (secondary N) is 1. The number of amidine groups is 1. The van der Waals surface area contributed by atoms with E-state index >= 15 is 0 Å². The third kappa shape index (κ3) is 4.41. The number of rotatable bonds is 3. The quantitative estimate of drug-likeness (QED) is 0.551. The number of hydrogen-bond acceptors (Lipinski definition) is 5. The second-order valence-corrected chi connectivity index (χ2v) is 7.74. The summed E-state index contributed by atoms with van der Waals surface area (Å²) in [6.45, 7) is 2.28. The third-order valence-electron chi connectivity index (χ3n) is 4.56. The van der Waals surface area contributed by atoms with Crippen LogP contribution in [-0.2, 0) is 10.3 Å². The van der Waals surface area contributed by atoms with Crippen LogP contribution in [0.25, 0.3) is 10.9 Å². The number of halogens is 4. The molecule has 0 saturated carbocycles. The van der Waals surface area contributed by atoms with Crippen LogP contribution in [0.1, 0.15) is 12.5 Å². The fourth-order valence-electron chi connectivity index (χ4n) is 3.33. The first kappa shape index (κ1) is 21.6. The smallest absolute Gasteiger partial charge is 0.129 e. The van der Waals surface area contributed by atoms with Crippen LogP contribution < -0.4 is 11.1 Å². The maximum atomic E-state index is 14.6. The Bertz CT molecular complexity index is 1100. The first-order chi connectivity index (χ1) is 13.3. The van der Waals surface area contributed by atoms with E-state index in [4.69, 9.17) is 33.7 Å². The summed E-state index contributed by atoms with van der Waals surface area (Å²) < 4.78 is 20.1. The molecule has 0 spiro atoms. The number of aromatic nitrogens is 1. The van der Waals surface area contributed by atoms with Gasteiger partial charge in [0.05, 0.1) is 22.8 Å². The number of benzene rings is 2. The number of ether oxygens (including phenoxy) is 1. The molecule has 9 heteroatoms. The summed E-state index contributed by atoms with van der Waals surface area (Å²) in [7, 11) is 0. The Kier molecular flexibility index (Phi) is 6.19. The van der Waals surface area contributed by atoms with Crippen LogP contribution in [0.15, 0.2) is 47.6 Å². The monoisotopic (exact) mass is 454 g/mol. The van der Waals surface area contributed by atoms with Gasteiger partial charge in [0.15, 0.2) is 0 Å². The molecular weight excluding hydrogens is 438 g/mol. The second kappa shape index (κ2) is 8.32. The van der Waals surface area contributed by atoms with E-state index in [1.54, 1.807) is 43.5 Å². The van der Waals surface area contributed by atoms with Gasteiger partial charge in [-0.2, -0.15) is 0 Å². The van der Waals surface area contributed by atoms with Gasteiger partial charge < -0.3 is 15.8 Å². The van der Waals surface area contributed by atoms with Crippen LogP contribution in [0.2, 0.25) is 10.0 Å². The molecule has 1 aromatic heterocycles. The van der Waals surface area contributed by atoms with Gasteiger partial charge in [0.2, 0.25) is 0 Å². The number of nitrogens with two attached hydrogens (primary N) is 1. The van der Waals surface area contributed by atoms with Gasteiger partial charge in [-0.25, -0.2) is 4.39 Å². The van der Waals surface area contributed by atoms with Crippen molar-refractivity contribution < 1.29 is 9.13 Å². The molecule has 152 valence electrons. The molecule has 1 atom stereocenters. The highest BCUT2D eigenvalue weighted by atomic mass is 35.5. The molecule has 1 aliphatic rings. The molecule has 2 aromatic carbocycles. The van der Waals surface area contributed by atoms with Crippen molar-refractivity contribution in [3.63, 3.8) is 0 Å². The summed E-state index contributed by atoms with van der Waals surface area (Å²) in [6, 6.07) is 10.1. The van der Waals surface area contributed by atoms with Gasteiger partial charge >= 0.3 is 0 Å². The van der Waals surface area contributed by atoms with Crippen molar-refractivity contribution in [1.29, 1.82) is 0 Å². The van der Waals surface area contributed by atoms with Crippen molar-refractivity contribution in [2.75, 3.05) is 18.5 Å². The first-order valence-electron chi connectivity index (χ1n) is 8.58. The summed E-state index contributed by atoms with van der Waals surface area (Å²) >= 11 is 12.3. The molecule has 0 amide bonds. The Labute approximate surface area is 183 Å². The van der Waals surface area contributed by atoms with Crippen molar-refractivity contribution in [1.82, 2.24) is 4.98 Å². The minimum Gasteiger partial charge on any atom is -0.386 e. The molecular formula is C20H18Cl3FN4O. The lowest BCUT2D eigenvalue weighted by molar-refractivity contribution is 0.104. The molecule has 0 radical (unpaired) electrons. The summed E-state index contributed by atoms with van der Waals surface area (Å²) in [6.07, 6.45) is 1.57. The SMILES string of the molecule is C[C@@]1(c2cc(Nc3cc(Cl)cc4cc(Cl)cnc34)ccc2F)COCC(N)=N1.Cl. The Morgan fingerprint density at radius 3 is 2.69 bits per heavy atom. The van der Waals surface area contributed by atoms with Crippen LogP contribution in [0, 0.1) is 5.82 Å². The molecule has 3 aromatic rings. The summed E-state index contributed by atoms with van der Waals surface area (Å²) in [5.74, 6) is -0.0376. The highest BCUT2D eigenvalue weighted by Crippen LogP contribution is 2.35. The average Bonchev–Trinajstić information content (AvgIpc) is 2.62. The molecule has 0 saturated heterocycles. The molecule has 29 heavy (non-hydrogen) atoms. The van der Waals surface area contributed by atoms with Crippen molar-refractivity contribution in [3.05, 3.63) is 64.0 Å². The van der Waals surface area contributed by atoms with Crippen molar-refractivity contribution in [2.45, 2.75) is 12.5 Å². The minimum absolute atomic E-state index is 0. The maximum absolute atomic E-state index is 14.6. The summed E-state index contributed by atoms with van der Waals surface area (Å²) in [5.41, 5.74) is 7.35. The third-order valence-corrected chi connectivity index (χ3v) is 4.99. The molecule has 1 aliphatic heterocycles. The summed E-state index contributed by atoms with van der Waals surface area (Å²) in [5, 5.41) is 5.12. The van der Waals surface area contributed by atoms with Crippen LogP contribution in [0.3, 0.4) is 0 Å². The zero-order chi connectivity index (χ0) is 19.9. The van der Waals surface area contributed by atoms with E-state index in [1.165, 1.54) is 6.07 Å². The van der Waals surface area contributed by atoms with Gasteiger partial charge in [-0.3, -0.25) is 9.98 Å². The highest BCUT2D eigenvalue weighted by Gasteiger charge is 2.32. The van der Waals surface area contributed by atoms with Crippen LogP contribution in [-0.4, -0.2) is 24.0 Å². The molecule has 0 bridgehead atoms. The van der Waals surface area contributed by atoms with E-state index in [0.29, 0.717) is 38.3 Å². The van der Waals surface area contributed by atoms with Crippen molar-refractivity contribution in [3.8, 4) is 0 Å². The zero-order valence-corrected chi connectivity index (χ0v) is 17.7. The normalized spacial score (nSPS) is 18.8. The van der Waals surface area contributed by atoms with E-state index in [-0.39, 0.29) is 31.4 Å². The number of hydrogen-bond donors (Lipinski definition) is 2. The molecule has 0 aliphatic carbocycles. The molecule has 0 unspecified atom stereocenters. The van der Waals surface area contributed by atoms with Crippen LogP contribution in [0.5, 0.6) is 0 Å². The Morgan fingerprint density at radius 1 is 1.17 bits per heavy atom. The van der Waals surface area contributed by atoms with Crippen molar-refractivity contribution in [2.24, 2.45) is 10.7 Å². The van der Waals surface area contributed by atoms with Gasteiger partial charge in [-0.15, -0.1) is 12.4 Å². The maximum Gasteiger partial charge on any atom is 0.129 e. The Balaban J connectivity index is 0.00000240. The van der Waals surface area contributed by atoms with E-state index in [2.05, 4.69) is 15.3 Å². The van der Waals surface area contributed by atoms with E-state index in [1.807, 2.05) is 0 Å². The first-order valence-corrected chi connectivity index (χ1v) is 9.33. The predicted octanol–water partition coefficient (Wildman–Crippen LogP) is 5.45. The summed E-state index contributed by atoms with van der Waals surface area (Å²) in [4.78, 5) is 8.81. The molecule has 4 rings (SSSR count). The lowest BCUT2D eigenvalue weighted by Gasteiger charge is -2.30. The van der Waals surface area contributed by atoms with Gasteiger partial charge in [0.1, 0.15) is 23.8 Å². The molecule has 0 fully saturated rings. The van der Waals surface area contributed by atoms with Gasteiger partial charge in [-0.1, -0.05) is 23.2 Å². The number of aliphatic imine (C=N–C) groups is 1. The zero-order valence-electron chi connectivity index (χ0n) is 15.4. The van der Waals surface area contributed by atoms with Crippen LogP contribution in [0.4, 0.5) is 15.8 Å². The Morgan fingerprint density at radius 2 is 1.93 bits per heavy atom. The van der Waals surface area contributed by atoms with Gasteiger partial charge in [0.25, 0.3) is 0 Å². The number of nitrogens with zero attached hydrogens (tertiary/aromatic N) is 2. The van der Waals surface area contributed by atoms with Gasteiger partial charge in [-0.05, 0) is 43.3 Å². The topological polar surface area (TPSA) is 72.5 Å². The fourth-order valence-corrected chi connectivity index (χ4v) is 3.72. The predicted molar refractivity (Wildman–Crippen MR) is 118 cm³/mol. The van der Waals surface area contributed by atoms with E-state index < -0.39 is 5.54 Å². The second-order valence-electron chi connectivity index (χ2n) is 6.87. The van der Waals surface area contributed by atoms with E-state index in [9.17, 15) is 4.39 Å². The lowest BCUT2D eigenvalue weighted by atomic mass is 9.91. The molecule has 2 heterocycles. The largest absolute Gasteiger partial charge is 0.386 e. The number of pyridine rings is 1. The molecule has 5 nitrogen and oxygen atoms in total. The Hall–Kier alpha value is -2.12. The lowest BCUT2D eigenvalue weighted by Crippen LogP contribution is -2.38. The highest BCUT2D eigenvalue weighted by molar-refractivity contribution is 6.33.